The minimum Gasteiger partial charge on any atom is -0.497 e. The minimum absolute atomic E-state index is 0.332. The highest BCUT2D eigenvalue weighted by Crippen LogP contribution is 2.24. The Kier molecular flexibility index (Phi) is 3.55. The van der Waals surface area contributed by atoms with Crippen molar-refractivity contribution >= 4 is 11.2 Å². The van der Waals surface area contributed by atoms with E-state index in [9.17, 15) is 0 Å². The van der Waals surface area contributed by atoms with Crippen LogP contribution in [0.2, 0.25) is 0 Å². The van der Waals surface area contributed by atoms with E-state index >= 15 is 0 Å². The Labute approximate surface area is 120 Å². The average Bonchev–Trinajstić information content (AvgIpc) is 3.01. The molecule has 0 spiro atoms. The summed E-state index contributed by atoms with van der Waals surface area (Å²) in [6, 6.07) is 5.57. The molecule has 0 atom stereocenters. The van der Waals surface area contributed by atoms with Gasteiger partial charge in [-0.15, -0.1) is 0 Å². The van der Waals surface area contributed by atoms with Gasteiger partial charge < -0.3 is 19.2 Å². The topological polar surface area (TPSA) is 82.2 Å². The van der Waals surface area contributed by atoms with Gasteiger partial charge in [0.2, 0.25) is 5.88 Å². The number of hydrogen-bond donors (Lipinski definition) is 1. The van der Waals surface area contributed by atoms with Crippen LogP contribution in [0.5, 0.6) is 17.4 Å². The number of hydrogen-bond acceptors (Lipinski definition) is 6. The Morgan fingerprint density at radius 2 is 1.76 bits per heavy atom. The molecule has 7 heteroatoms. The van der Waals surface area contributed by atoms with Crippen LogP contribution in [0.25, 0.3) is 11.2 Å². The minimum atomic E-state index is 0.332. The third kappa shape index (κ3) is 2.71. The van der Waals surface area contributed by atoms with Crippen LogP contribution in [0.1, 0.15) is 5.56 Å². The van der Waals surface area contributed by atoms with E-state index in [0.717, 1.165) is 5.56 Å². The molecule has 3 aromatic rings. The largest absolute Gasteiger partial charge is 0.497 e. The van der Waals surface area contributed by atoms with Crippen molar-refractivity contribution in [2.24, 2.45) is 0 Å². The number of aromatic nitrogens is 4. The highest BCUT2D eigenvalue weighted by Gasteiger charge is 2.08. The predicted octanol–water partition coefficient (Wildman–Crippen LogP) is 1.95. The third-order valence-electron chi connectivity index (χ3n) is 2.97. The number of aromatic amines is 1. The molecule has 21 heavy (non-hydrogen) atoms. The van der Waals surface area contributed by atoms with E-state index in [1.54, 1.807) is 26.6 Å². The molecule has 0 aliphatic carbocycles. The maximum absolute atomic E-state index is 5.73. The van der Waals surface area contributed by atoms with Gasteiger partial charge in [-0.3, -0.25) is 0 Å². The van der Waals surface area contributed by atoms with Crippen molar-refractivity contribution in [1.82, 2.24) is 19.9 Å². The van der Waals surface area contributed by atoms with Crippen LogP contribution in [0.15, 0.2) is 30.9 Å². The summed E-state index contributed by atoms with van der Waals surface area (Å²) in [6.45, 7) is 0.332. The Morgan fingerprint density at radius 3 is 2.48 bits per heavy atom. The SMILES string of the molecule is COc1cc(COc2ncnc3nc[nH]c23)cc(OC)c1. The van der Waals surface area contributed by atoms with Crippen LogP contribution in [-0.2, 0) is 6.61 Å². The van der Waals surface area contributed by atoms with Crippen molar-refractivity contribution in [1.29, 1.82) is 0 Å². The van der Waals surface area contributed by atoms with Crippen molar-refractivity contribution in [2.75, 3.05) is 14.2 Å². The van der Waals surface area contributed by atoms with E-state index in [1.807, 2.05) is 12.1 Å². The molecule has 0 saturated heterocycles. The van der Waals surface area contributed by atoms with Crippen LogP contribution < -0.4 is 14.2 Å². The lowest BCUT2D eigenvalue weighted by atomic mass is 10.2. The normalized spacial score (nSPS) is 10.6. The van der Waals surface area contributed by atoms with E-state index in [0.29, 0.717) is 35.1 Å². The summed E-state index contributed by atoms with van der Waals surface area (Å²) in [5.41, 5.74) is 2.16. The van der Waals surface area contributed by atoms with Gasteiger partial charge in [-0.05, 0) is 17.7 Å². The van der Waals surface area contributed by atoms with Gasteiger partial charge in [0.1, 0.15) is 29.9 Å². The highest BCUT2D eigenvalue weighted by atomic mass is 16.5. The van der Waals surface area contributed by atoms with Crippen molar-refractivity contribution in [3.05, 3.63) is 36.4 Å². The van der Waals surface area contributed by atoms with E-state index in [2.05, 4.69) is 19.9 Å². The molecule has 0 aliphatic heterocycles. The van der Waals surface area contributed by atoms with E-state index in [-0.39, 0.29) is 0 Å². The smallest absolute Gasteiger partial charge is 0.243 e. The molecule has 1 aromatic carbocycles. The summed E-state index contributed by atoms with van der Waals surface area (Å²) in [4.78, 5) is 15.2. The lowest BCUT2D eigenvalue weighted by Gasteiger charge is -2.09. The molecule has 0 amide bonds. The molecule has 0 unspecified atom stereocenters. The Balaban J connectivity index is 1.83. The van der Waals surface area contributed by atoms with E-state index in [1.165, 1.54) is 6.33 Å². The fourth-order valence-corrected chi connectivity index (χ4v) is 1.95. The second-order valence-corrected chi connectivity index (χ2v) is 4.29. The van der Waals surface area contributed by atoms with Crippen LogP contribution in [0, 0.1) is 0 Å². The molecule has 0 saturated carbocycles. The second-order valence-electron chi connectivity index (χ2n) is 4.29. The molecule has 0 fully saturated rings. The summed E-state index contributed by atoms with van der Waals surface area (Å²) in [6.07, 6.45) is 2.98. The molecule has 0 aliphatic rings. The third-order valence-corrected chi connectivity index (χ3v) is 2.97. The van der Waals surface area contributed by atoms with Crippen LogP contribution >= 0.6 is 0 Å². The molecule has 0 bridgehead atoms. The lowest BCUT2D eigenvalue weighted by Crippen LogP contribution is -2.00. The predicted molar refractivity (Wildman–Crippen MR) is 75.6 cm³/mol. The van der Waals surface area contributed by atoms with Gasteiger partial charge in [-0.25, -0.2) is 9.97 Å². The van der Waals surface area contributed by atoms with Crippen LogP contribution in [0.4, 0.5) is 0 Å². The fourth-order valence-electron chi connectivity index (χ4n) is 1.95. The molecule has 0 radical (unpaired) electrons. The summed E-state index contributed by atoms with van der Waals surface area (Å²) < 4.78 is 16.2. The first-order chi connectivity index (χ1) is 10.3. The van der Waals surface area contributed by atoms with Crippen molar-refractivity contribution in [3.63, 3.8) is 0 Å². The number of fused-ring (bicyclic) bond motifs is 1. The van der Waals surface area contributed by atoms with Crippen molar-refractivity contribution < 1.29 is 14.2 Å². The summed E-state index contributed by atoms with van der Waals surface area (Å²) in [5, 5.41) is 0. The maximum atomic E-state index is 5.73. The number of nitrogens with one attached hydrogen (secondary N) is 1. The molecule has 3 rings (SSSR count). The summed E-state index contributed by atoms with van der Waals surface area (Å²) in [7, 11) is 3.22. The first kappa shape index (κ1) is 13.2. The van der Waals surface area contributed by atoms with Gasteiger partial charge in [0.25, 0.3) is 0 Å². The number of methoxy groups -OCH3 is 2. The summed E-state index contributed by atoms with van der Waals surface area (Å²) >= 11 is 0. The average molecular weight is 286 g/mol. The first-order valence-electron chi connectivity index (χ1n) is 6.29. The number of nitrogens with zero attached hydrogens (tertiary/aromatic N) is 3. The van der Waals surface area contributed by atoms with Crippen molar-refractivity contribution in [2.45, 2.75) is 6.61 Å². The van der Waals surface area contributed by atoms with Crippen LogP contribution in [-0.4, -0.2) is 34.2 Å². The second kappa shape index (κ2) is 5.66. The van der Waals surface area contributed by atoms with Gasteiger partial charge >= 0.3 is 0 Å². The number of rotatable bonds is 5. The molecule has 2 heterocycles. The number of ether oxygens (including phenoxy) is 3. The van der Waals surface area contributed by atoms with Gasteiger partial charge in [0, 0.05) is 6.07 Å². The molecular formula is C14H14N4O3. The molecule has 1 N–H and O–H groups in total. The van der Waals surface area contributed by atoms with Gasteiger partial charge in [-0.2, -0.15) is 4.98 Å². The standard InChI is InChI=1S/C14H14N4O3/c1-19-10-3-9(4-11(5-10)20-2)6-21-14-12-13(16-7-15-12)17-8-18-14/h3-5,7-8H,6H2,1-2H3,(H,15,16,17,18). The van der Waals surface area contributed by atoms with E-state index in [4.69, 9.17) is 14.2 Å². The van der Waals surface area contributed by atoms with Gasteiger partial charge in [-0.1, -0.05) is 0 Å². The monoisotopic (exact) mass is 286 g/mol. The zero-order valence-electron chi connectivity index (χ0n) is 11.7. The number of imidazole rings is 1. The van der Waals surface area contributed by atoms with Crippen molar-refractivity contribution in [3.8, 4) is 17.4 Å². The molecule has 7 nitrogen and oxygen atoms in total. The molecule has 2 aromatic heterocycles. The zero-order chi connectivity index (χ0) is 14.7. The number of benzene rings is 1. The number of H-pyrrole nitrogens is 1. The lowest BCUT2D eigenvalue weighted by molar-refractivity contribution is 0.295. The molecule has 108 valence electrons. The maximum Gasteiger partial charge on any atom is 0.243 e. The quantitative estimate of drug-likeness (QED) is 0.772. The Bertz CT molecular complexity index is 735. The highest BCUT2D eigenvalue weighted by molar-refractivity contribution is 5.74. The fraction of sp³-hybridized carbons (Fsp3) is 0.214. The first-order valence-corrected chi connectivity index (χ1v) is 6.29. The van der Waals surface area contributed by atoms with Crippen LogP contribution in [0.3, 0.4) is 0 Å². The van der Waals surface area contributed by atoms with E-state index < -0.39 is 0 Å². The Morgan fingerprint density at radius 1 is 1.00 bits per heavy atom. The summed E-state index contributed by atoms with van der Waals surface area (Å²) in [5.74, 6) is 1.88. The van der Waals surface area contributed by atoms with Gasteiger partial charge in [0.05, 0.1) is 20.5 Å². The zero-order valence-corrected chi connectivity index (χ0v) is 11.7. The molecular weight excluding hydrogens is 272 g/mol. The Hall–Kier alpha value is -2.83. The van der Waals surface area contributed by atoms with Gasteiger partial charge in [0.15, 0.2) is 5.65 Å².